The van der Waals surface area contributed by atoms with E-state index in [1.165, 1.54) is 0 Å². The highest BCUT2D eigenvalue weighted by atomic mass is 32.2. The molecule has 0 bridgehead atoms. The summed E-state index contributed by atoms with van der Waals surface area (Å²) in [6, 6.07) is 0. The van der Waals surface area contributed by atoms with E-state index >= 15 is 0 Å². The Morgan fingerprint density at radius 2 is 2.00 bits per heavy atom. The highest BCUT2D eigenvalue weighted by Crippen LogP contribution is 2.34. The molecule has 0 aromatic rings. The lowest BCUT2D eigenvalue weighted by atomic mass is 9.90. The summed E-state index contributed by atoms with van der Waals surface area (Å²) < 4.78 is 0. The van der Waals surface area contributed by atoms with Gasteiger partial charge in [0.1, 0.15) is 0 Å². The monoisotopic (exact) mass is 148 g/mol. The van der Waals surface area contributed by atoms with Crippen LogP contribution in [0.2, 0.25) is 0 Å². The van der Waals surface area contributed by atoms with Gasteiger partial charge in [0.05, 0.1) is 13.2 Å². The van der Waals surface area contributed by atoms with Crippen molar-refractivity contribution in [2.45, 2.75) is 6.42 Å². The van der Waals surface area contributed by atoms with Crippen LogP contribution in [-0.2, 0) is 0 Å². The predicted octanol–water partition coefficient (Wildman–Crippen LogP) is 0.0943. The topological polar surface area (TPSA) is 40.5 Å². The van der Waals surface area contributed by atoms with Gasteiger partial charge in [-0.3, -0.25) is 0 Å². The molecule has 0 aromatic carbocycles. The Morgan fingerprint density at radius 1 is 1.33 bits per heavy atom. The van der Waals surface area contributed by atoms with Crippen LogP contribution >= 0.6 is 11.8 Å². The molecule has 2 nitrogen and oxygen atoms in total. The summed E-state index contributed by atoms with van der Waals surface area (Å²) in [5, 5.41) is 17.7. The van der Waals surface area contributed by atoms with E-state index in [9.17, 15) is 0 Å². The predicted molar refractivity (Wildman–Crippen MR) is 38.5 cm³/mol. The molecule has 0 amide bonds. The van der Waals surface area contributed by atoms with Gasteiger partial charge in [0, 0.05) is 11.2 Å². The molecular formula is C6H12O2S. The minimum Gasteiger partial charge on any atom is -0.396 e. The lowest BCUT2D eigenvalue weighted by Gasteiger charge is -2.21. The van der Waals surface area contributed by atoms with Gasteiger partial charge in [0.2, 0.25) is 0 Å². The van der Waals surface area contributed by atoms with Gasteiger partial charge in [-0.25, -0.2) is 0 Å². The molecule has 0 aromatic heterocycles. The Balaban J connectivity index is 2.45. The molecule has 3 heteroatoms. The lowest BCUT2D eigenvalue weighted by Crippen LogP contribution is -2.29. The van der Waals surface area contributed by atoms with Gasteiger partial charge in [-0.2, -0.15) is 11.8 Å². The molecular weight excluding hydrogens is 136 g/mol. The summed E-state index contributed by atoms with van der Waals surface area (Å²) in [5.41, 5.74) is -0.148. The molecule has 1 heterocycles. The molecule has 0 saturated carbocycles. The average molecular weight is 148 g/mol. The Kier molecular flexibility index (Phi) is 2.38. The van der Waals surface area contributed by atoms with Crippen molar-refractivity contribution in [3.63, 3.8) is 0 Å². The molecule has 54 valence electrons. The highest BCUT2D eigenvalue weighted by Gasteiger charge is 2.32. The fraction of sp³-hybridized carbons (Fsp3) is 1.00. The van der Waals surface area contributed by atoms with Crippen molar-refractivity contribution < 1.29 is 10.2 Å². The van der Waals surface area contributed by atoms with E-state index in [1.54, 1.807) is 0 Å². The Morgan fingerprint density at radius 3 is 2.22 bits per heavy atom. The fourth-order valence-corrected chi connectivity index (χ4v) is 2.43. The number of thioether (sulfide) groups is 1. The molecule has 0 spiro atoms. The number of rotatable bonds is 2. The lowest BCUT2D eigenvalue weighted by molar-refractivity contribution is 0.0765. The minimum absolute atomic E-state index is 0.135. The third kappa shape index (κ3) is 1.39. The Labute approximate surface area is 59.3 Å². The maximum absolute atomic E-state index is 8.84. The second kappa shape index (κ2) is 2.90. The second-order valence-electron chi connectivity index (χ2n) is 2.62. The highest BCUT2D eigenvalue weighted by molar-refractivity contribution is 7.99. The first-order valence-corrected chi connectivity index (χ1v) is 4.28. The summed E-state index contributed by atoms with van der Waals surface area (Å²) in [7, 11) is 0. The van der Waals surface area contributed by atoms with Crippen molar-refractivity contribution >= 4 is 11.8 Å². The van der Waals surface area contributed by atoms with Crippen molar-refractivity contribution in [3.8, 4) is 0 Å². The third-order valence-electron chi connectivity index (χ3n) is 1.86. The molecule has 1 aliphatic heterocycles. The van der Waals surface area contributed by atoms with Crippen LogP contribution in [0, 0.1) is 5.41 Å². The van der Waals surface area contributed by atoms with E-state index in [4.69, 9.17) is 10.2 Å². The van der Waals surface area contributed by atoms with Gasteiger partial charge < -0.3 is 10.2 Å². The molecule has 1 fully saturated rings. The maximum atomic E-state index is 8.84. The van der Waals surface area contributed by atoms with E-state index < -0.39 is 0 Å². The summed E-state index contributed by atoms with van der Waals surface area (Å²) in [6.45, 7) is 0.271. The summed E-state index contributed by atoms with van der Waals surface area (Å²) in [4.78, 5) is 0. The van der Waals surface area contributed by atoms with Crippen LogP contribution in [-0.4, -0.2) is 34.9 Å². The second-order valence-corrected chi connectivity index (χ2v) is 3.72. The Hall–Kier alpha value is 0.270. The zero-order chi connectivity index (χ0) is 6.74. The summed E-state index contributed by atoms with van der Waals surface area (Å²) in [6.07, 6.45) is 0.963. The number of aliphatic hydroxyl groups is 2. The first-order chi connectivity index (χ1) is 4.33. The molecule has 1 aliphatic rings. The van der Waals surface area contributed by atoms with Gasteiger partial charge in [-0.15, -0.1) is 0 Å². The van der Waals surface area contributed by atoms with E-state index in [-0.39, 0.29) is 18.6 Å². The minimum atomic E-state index is -0.148. The SMILES string of the molecule is OCC1(CO)CCSC1. The van der Waals surface area contributed by atoms with E-state index in [0.717, 1.165) is 17.9 Å². The smallest absolute Gasteiger partial charge is 0.0517 e. The molecule has 2 N–H and O–H groups in total. The van der Waals surface area contributed by atoms with Crippen molar-refractivity contribution in [3.05, 3.63) is 0 Å². The van der Waals surface area contributed by atoms with E-state index in [1.807, 2.05) is 11.8 Å². The molecule has 0 atom stereocenters. The van der Waals surface area contributed by atoms with Crippen LogP contribution in [0.1, 0.15) is 6.42 Å². The van der Waals surface area contributed by atoms with Crippen molar-refractivity contribution in [1.82, 2.24) is 0 Å². The fourth-order valence-electron chi connectivity index (χ4n) is 0.949. The van der Waals surface area contributed by atoms with Crippen LogP contribution in [0.25, 0.3) is 0 Å². The van der Waals surface area contributed by atoms with Gasteiger partial charge in [-0.1, -0.05) is 0 Å². The normalized spacial score (nSPS) is 24.7. The van der Waals surface area contributed by atoms with Crippen molar-refractivity contribution in [2.75, 3.05) is 24.7 Å². The summed E-state index contributed by atoms with van der Waals surface area (Å²) >= 11 is 1.81. The molecule has 9 heavy (non-hydrogen) atoms. The zero-order valence-electron chi connectivity index (χ0n) is 5.34. The molecule has 1 rings (SSSR count). The van der Waals surface area contributed by atoms with Gasteiger partial charge in [0.25, 0.3) is 0 Å². The van der Waals surface area contributed by atoms with Crippen LogP contribution in [0.15, 0.2) is 0 Å². The van der Waals surface area contributed by atoms with Crippen LogP contribution < -0.4 is 0 Å². The third-order valence-corrected chi connectivity index (χ3v) is 3.17. The molecule has 0 aliphatic carbocycles. The molecule has 0 radical (unpaired) electrons. The Bertz CT molecular complexity index is 83.1. The molecule has 1 saturated heterocycles. The first-order valence-electron chi connectivity index (χ1n) is 3.12. The largest absolute Gasteiger partial charge is 0.396 e. The quantitative estimate of drug-likeness (QED) is 0.583. The summed E-state index contributed by atoms with van der Waals surface area (Å²) in [5.74, 6) is 2.00. The van der Waals surface area contributed by atoms with Gasteiger partial charge in [-0.05, 0) is 12.2 Å². The van der Waals surface area contributed by atoms with Crippen LogP contribution in [0.3, 0.4) is 0 Å². The standard InChI is InChI=1S/C6H12O2S/c7-3-6(4-8)1-2-9-5-6/h7-8H,1-5H2. The molecule has 0 unspecified atom stereocenters. The van der Waals surface area contributed by atoms with Crippen LogP contribution in [0.5, 0.6) is 0 Å². The van der Waals surface area contributed by atoms with Gasteiger partial charge >= 0.3 is 0 Å². The van der Waals surface area contributed by atoms with Crippen molar-refractivity contribution in [1.29, 1.82) is 0 Å². The number of hydrogen-bond donors (Lipinski definition) is 2. The first kappa shape index (κ1) is 7.38. The zero-order valence-corrected chi connectivity index (χ0v) is 6.15. The maximum Gasteiger partial charge on any atom is 0.0517 e. The number of aliphatic hydroxyl groups excluding tert-OH is 2. The average Bonchev–Trinajstić information content (AvgIpc) is 2.36. The van der Waals surface area contributed by atoms with Gasteiger partial charge in [0.15, 0.2) is 0 Å². The van der Waals surface area contributed by atoms with Crippen LogP contribution in [0.4, 0.5) is 0 Å². The van der Waals surface area contributed by atoms with E-state index in [2.05, 4.69) is 0 Å². The van der Waals surface area contributed by atoms with Crippen molar-refractivity contribution in [2.24, 2.45) is 5.41 Å². The number of hydrogen-bond acceptors (Lipinski definition) is 3. The van der Waals surface area contributed by atoms with E-state index in [0.29, 0.717) is 0 Å².